The molecule has 5 nitrogen and oxygen atoms in total. The van der Waals surface area contributed by atoms with Crippen LogP contribution in [-0.2, 0) is 4.79 Å². The molecule has 8 heteroatoms. The fourth-order valence-electron chi connectivity index (χ4n) is 3.53. The lowest BCUT2D eigenvalue weighted by molar-refractivity contribution is -0.128. The molecule has 0 unspecified atom stereocenters. The molecule has 3 saturated carbocycles. The minimum atomic E-state index is -1.02. The summed E-state index contributed by atoms with van der Waals surface area (Å²) in [5.41, 5.74) is 5.15. The summed E-state index contributed by atoms with van der Waals surface area (Å²) in [5, 5.41) is 13.0. The van der Waals surface area contributed by atoms with E-state index in [9.17, 15) is 18.7 Å². The van der Waals surface area contributed by atoms with Crippen molar-refractivity contribution < 1.29 is 23.4 Å². The lowest BCUT2D eigenvalue weighted by Crippen LogP contribution is -2.68. The van der Waals surface area contributed by atoms with E-state index in [2.05, 4.69) is 5.32 Å². The fraction of sp³-hybridized carbons (Fsp3) is 0.562. The lowest BCUT2D eigenvalue weighted by atomic mass is 9.60. The highest BCUT2D eigenvalue weighted by molar-refractivity contribution is 5.85. The number of carbonyl (C=O) groups is 1. The first-order valence-corrected chi connectivity index (χ1v) is 7.68. The van der Waals surface area contributed by atoms with Crippen molar-refractivity contribution in [3.63, 3.8) is 0 Å². The summed E-state index contributed by atoms with van der Waals surface area (Å²) in [6.07, 6.45) is 2.57. The summed E-state index contributed by atoms with van der Waals surface area (Å²) >= 11 is 0. The Kier molecular flexibility index (Phi) is 5.37. The zero-order valence-electron chi connectivity index (χ0n) is 13.1. The summed E-state index contributed by atoms with van der Waals surface area (Å²) < 4.78 is 31.1. The Labute approximate surface area is 145 Å². The maximum Gasteiger partial charge on any atom is 0.258 e. The van der Waals surface area contributed by atoms with Crippen LogP contribution in [0.3, 0.4) is 0 Å². The number of halogens is 3. The van der Waals surface area contributed by atoms with Crippen molar-refractivity contribution in [2.24, 2.45) is 5.73 Å². The highest BCUT2D eigenvalue weighted by Crippen LogP contribution is 2.45. The highest BCUT2D eigenvalue weighted by atomic mass is 35.5. The van der Waals surface area contributed by atoms with E-state index in [4.69, 9.17) is 10.5 Å². The molecule has 1 amide bonds. The van der Waals surface area contributed by atoms with Crippen molar-refractivity contribution >= 4 is 18.3 Å². The van der Waals surface area contributed by atoms with Crippen LogP contribution < -0.4 is 15.8 Å². The molecular weight excluding hydrogens is 342 g/mol. The van der Waals surface area contributed by atoms with Crippen LogP contribution in [0.5, 0.6) is 5.75 Å². The van der Waals surface area contributed by atoms with Gasteiger partial charge in [-0.3, -0.25) is 4.79 Å². The summed E-state index contributed by atoms with van der Waals surface area (Å²) in [4.78, 5) is 12.1. The second-order valence-electron chi connectivity index (χ2n) is 6.65. The van der Waals surface area contributed by atoms with E-state index in [1.54, 1.807) is 0 Å². The van der Waals surface area contributed by atoms with Crippen molar-refractivity contribution in [2.75, 3.05) is 6.61 Å². The molecule has 0 aromatic heterocycles. The Morgan fingerprint density at radius 3 is 2.54 bits per heavy atom. The maximum atomic E-state index is 13.1. The van der Waals surface area contributed by atoms with Gasteiger partial charge in [-0.2, -0.15) is 0 Å². The summed E-state index contributed by atoms with van der Waals surface area (Å²) in [6.45, 7) is -0.295. The Bertz CT molecular complexity index is 621. The van der Waals surface area contributed by atoms with Gasteiger partial charge in [0.1, 0.15) is 5.75 Å². The maximum absolute atomic E-state index is 13.1. The van der Waals surface area contributed by atoms with Crippen molar-refractivity contribution in [1.82, 2.24) is 5.32 Å². The highest BCUT2D eigenvalue weighted by Gasteiger charge is 2.52. The molecule has 4 N–H and O–H groups in total. The van der Waals surface area contributed by atoms with Crippen LogP contribution in [0.2, 0.25) is 0 Å². The van der Waals surface area contributed by atoms with E-state index in [1.165, 1.54) is 6.07 Å². The molecule has 1 atom stereocenters. The molecule has 2 bridgehead atoms. The monoisotopic (exact) mass is 362 g/mol. The van der Waals surface area contributed by atoms with Gasteiger partial charge in [-0.05, 0) is 44.2 Å². The second kappa shape index (κ2) is 6.82. The molecule has 1 aromatic carbocycles. The van der Waals surface area contributed by atoms with E-state index in [-0.39, 0.29) is 30.7 Å². The number of rotatable bonds is 4. The number of benzene rings is 1. The predicted octanol–water partition coefficient (Wildman–Crippen LogP) is 1.66. The number of hydrogen-bond acceptors (Lipinski definition) is 4. The first-order chi connectivity index (χ1) is 10.8. The first kappa shape index (κ1) is 18.9. The number of nitrogens with one attached hydrogen (secondary N) is 1. The van der Waals surface area contributed by atoms with Gasteiger partial charge >= 0.3 is 0 Å². The summed E-state index contributed by atoms with van der Waals surface area (Å²) in [6, 6.07) is 3.10. The number of ether oxygens (including phenoxy) is 1. The molecule has 3 aliphatic carbocycles. The van der Waals surface area contributed by atoms with Crippen molar-refractivity contribution in [2.45, 2.75) is 49.3 Å². The zero-order valence-corrected chi connectivity index (χ0v) is 13.9. The van der Waals surface area contributed by atoms with E-state index in [0.717, 1.165) is 25.0 Å². The molecule has 3 fully saturated rings. The number of hydrogen-bond donors (Lipinski definition) is 3. The summed E-state index contributed by atoms with van der Waals surface area (Å²) in [7, 11) is 0. The fourth-order valence-corrected chi connectivity index (χ4v) is 3.53. The Morgan fingerprint density at radius 1 is 1.29 bits per heavy atom. The third-order valence-electron chi connectivity index (χ3n) is 5.05. The topological polar surface area (TPSA) is 84.6 Å². The Morgan fingerprint density at radius 2 is 1.96 bits per heavy atom. The molecule has 24 heavy (non-hydrogen) atoms. The van der Waals surface area contributed by atoms with Crippen LogP contribution >= 0.6 is 12.4 Å². The Balaban J connectivity index is 0.00000208. The first-order valence-electron chi connectivity index (χ1n) is 7.68. The van der Waals surface area contributed by atoms with Gasteiger partial charge < -0.3 is 20.9 Å². The minimum Gasteiger partial charge on any atom is -0.484 e. The number of fused-ring (bicyclic) bond motifs is 3. The zero-order chi connectivity index (χ0) is 16.7. The third kappa shape index (κ3) is 3.63. The van der Waals surface area contributed by atoms with Crippen LogP contribution in [0.4, 0.5) is 8.78 Å². The molecule has 0 aliphatic heterocycles. The van der Waals surface area contributed by atoms with Crippen LogP contribution in [0.15, 0.2) is 18.2 Å². The molecule has 1 aromatic rings. The number of aliphatic hydroxyl groups excluding tert-OH is 1. The second-order valence-corrected chi connectivity index (χ2v) is 6.65. The molecule has 0 spiro atoms. The van der Waals surface area contributed by atoms with E-state index < -0.39 is 28.8 Å². The molecule has 4 rings (SSSR count). The van der Waals surface area contributed by atoms with Gasteiger partial charge in [0.05, 0.1) is 6.10 Å². The van der Waals surface area contributed by atoms with Crippen molar-refractivity contribution in [3.8, 4) is 5.75 Å². The van der Waals surface area contributed by atoms with Gasteiger partial charge in [0.25, 0.3) is 5.91 Å². The quantitative estimate of drug-likeness (QED) is 0.760. The average Bonchev–Trinajstić information content (AvgIpc) is 2.51. The molecule has 134 valence electrons. The normalized spacial score (nSPS) is 31.2. The smallest absolute Gasteiger partial charge is 0.258 e. The van der Waals surface area contributed by atoms with Gasteiger partial charge in [0.15, 0.2) is 18.2 Å². The van der Waals surface area contributed by atoms with Crippen molar-refractivity contribution in [1.29, 1.82) is 0 Å². The largest absolute Gasteiger partial charge is 0.484 e. The molecular formula is C16H21ClF2N2O3. The SMILES string of the molecule is Cl.NC12CCC(NC(=O)COc3ccc(F)c(F)c3)(CC1)C[C@@H]2O. The number of amides is 1. The van der Waals surface area contributed by atoms with Gasteiger partial charge in [-0.25, -0.2) is 8.78 Å². The van der Waals surface area contributed by atoms with Crippen LogP contribution in [-0.4, -0.2) is 34.8 Å². The van der Waals surface area contributed by atoms with E-state index >= 15 is 0 Å². The molecule has 0 saturated heterocycles. The predicted molar refractivity (Wildman–Crippen MR) is 86.0 cm³/mol. The summed E-state index contributed by atoms with van der Waals surface area (Å²) in [5.74, 6) is -2.26. The molecule has 0 radical (unpaired) electrons. The number of aliphatic hydroxyl groups is 1. The van der Waals surface area contributed by atoms with Gasteiger partial charge in [-0.15, -0.1) is 12.4 Å². The number of nitrogens with two attached hydrogens (primary N) is 1. The van der Waals surface area contributed by atoms with Crippen LogP contribution in [0, 0.1) is 11.6 Å². The molecule has 3 aliphatic rings. The van der Waals surface area contributed by atoms with Crippen molar-refractivity contribution in [3.05, 3.63) is 29.8 Å². The third-order valence-corrected chi connectivity index (χ3v) is 5.05. The number of carbonyl (C=O) groups excluding carboxylic acids is 1. The van der Waals surface area contributed by atoms with E-state index in [1.807, 2.05) is 0 Å². The average molecular weight is 363 g/mol. The van der Waals surface area contributed by atoms with Gasteiger partial charge in [0.2, 0.25) is 0 Å². The van der Waals surface area contributed by atoms with Gasteiger partial charge in [0, 0.05) is 17.1 Å². The van der Waals surface area contributed by atoms with Gasteiger partial charge in [-0.1, -0.05) is 0 Å². The van der Waals surface area contributed by atoms with Crippen LogP contribution in [0.1, 0.15) is 32.1 Å². The Hall–Kier alpha value is -1.44. The molecule has 0 heterocycles. The van der Waals surface area contributed by atoms with Crippen LogP contribution in [0.25, 0.3) is 0 Å². The minimum absolute atomic E-state index is 0. The lowest BCUT2D eigenvalue weighted by Gasteiger charge is -2.54. The van der Waals surface area contributed by atoms with E-state index in [0.29, 0.717) is 19.3 Å². The standard InChI is InChI=1S/C16H20F2N2O3.ClH/c17-11-2-1-10(7-12(11)18)23-9-14(22)20-15-3-5-16(19,6-4-15)13(21)8-15;/h1-2,7,13,21H,3-6,8-9,19H2,(H,20,22);1H/t13-,15?,16?;/m0./s1.